The lowest BCUT2D eigenvalue weighted by molar-refractivity contribution is 0.0341. The van der Waals surface area contributed by atoms with Crippen LogP contribution in [0.5, 0.6) is 5.88 Å². The number of ether oxygens (including phenoxy) is 2. The van der Waals surface area contributed by atoms with Gasteiger partial charge in [0.25, 0.3) is 0 Å². The molecule has 0 saturated carbocycles. The van der Waals surface area contributed by atoms with E-state index in [1.807, 2.05) is 12.1 Å². The van der Waals surface area contributed by atoms with E-state index in [0.29, 0.717) is 19.0 Å². The molecule has 176 valence electrons. The van der Waals surface area contributed by atoms with E-state index < -0.39 is 0 Å². The predicted molar refractivity (Wildman–Crippen MR) is 140 cm³/mol. The molecule has 0 aliphatic carbocycles. The van der Waals surface area contributed by atoms with E-state index in [1.54, 1.807) is 6.20 Å². The Balaban J connectivity index is 0.00000363. The molecule has 0 amide bonds. The first-order valence-corrected chi connectivity index (χ1v) is 11.3. The smallest absolute Gasteiger partial charge is 0.218 e. The minimum absolute atomic E-state index is 0. The van der Waals surface area contributed by atoms with Crippen LogP contribution in [0.2, 0.25) is 0 Å². The van der Waals surface area contributed by atoms with E-state index in [-0.39, 0.29) is 24.0 Å². The summed E-state index contributed by atoms with van der Waals surface area (Å²) in [5.41, 5.74) is 3.61. The van der Waals surface area contributed by atoms with Crippen LogP contribution in [-0.4, -0.2) is 55.3 Å². The molecular weight excluding hydrogens is 517 g/mol. The van der Waals surface area contributed by atoms with Crippen molar-refractivity contribution < 1.29 is 9.47 Å². The number of aromatic nitrogens is 1. The average Bonchev–Trinajstić information content (AvgIpc) is 2.81. The fraction of sp³-hybridized carbons (Fsp3) is 0.500. The standard InChI is InChI=1S/C24H35N5O2.HI/c1-3-14-31-23-21(10-7-11-26-23)18-28-24(25-4-2)27-17-20-8-5-6-9-22(20)19-29-12-15-30-16-13-29;/h5-11H,3-4,12-19H2,1-2H3,(H2,25,27,28);1H. The summed E-state index contributed by atoms with van der Waals surface area (Å²) >= 11 is 0. The van der Waals surface area contributed by atoms with Crippen LogP contribution in [0.1, 0.15) is 37.0 Å². The fourth-order valence-corrected chi connectivity index (χ4v) is 3.44. The zero-order valence-electron chi connectivity index (χ0n) is 19.2. The van der Waals surface area contributed by atoms with E-state index in [1.165, 1.54) is 11.1 Å². The molecule has 1 aromatic heterocycles. The largest absolute Gasteiger partial charge is 0.477 e. The molecule has 1 aliphatic rings. The van der Waals surface area contributed by atoms with Gasteiger partial charge in [0.2, 0.25) is 5.88 Å². The minimum atomic E-state index is 0. The van der Waals surface area contributed by atoms with E-state index in [9.17, 15) is 0 Å². The van der Waals surface area contributed by atoms with Gasteiger partial charge in [0, 0.05) is 44.5 Å². The van der Waals surface area contributed by atoms with E-state index >= 15 is 0 Å². The van der Waals surface area contributed by atoms with Crippen molar-refractivity contribution >= 4 is 29.9 Å². The molecule has 0 bridgehead atoms. The molecule has 0 unspecified atom stereocenters. The van der Waals surface area contributed by atoms with Crippen molar-refractivity contribution in [3.05, 3.63) is 59.3 Å². The predicted octanol–water partition coefficient (Wildman–Crippen LogP) is 3.58. The number of guanidine groups is 1. The molecule has 0 atom stereocenters. The Hall–Kier alpha value is -1.91. The van der Waals surface area contributed by atoms with Crippen LogP contribution in [0.4, 0.5) is 0 Å². The molecule has 3 rings (SSSR count). The second-order valence-electron chi connectivity index (χ2n) is 7.52. The Morgan fingerprint density at radius 2 is 1.81 bits per heavy atom. The van der Waals surface area contributed by atoms with Gasteiger partial charge in [-0.3, -0.25) is 4.90 Å². The molecule has 1 aromatic carbocycles. The number of benzene rings is 1. The van der Waals surface area contributed by atoms with Gasteiger partial charge < -0.3 is 20.1 Å². The lowest BCUT2D eigenvalue weighted by atomic mass is 10.1. The van der Waals surface area contributed by atoms with E-state index in [4.69, 9.17) is 14.5 Å². The summed E-state index contributed by atoms with van der Waals surface area (Å²) in [6.45, 7) is 11.4. The van der Waals surface area contributed by atoms with Gasteiger partial charge in [-0.25, -0.2) is 9.98 Å². The van der Waals surface area contributed by atoms with Crippen LogP contribution in [0, 0.1) is 0 Å². The van der Waals surface area contributed by atoms with Gasteiger partial charge in [0.05, 0.1) is 26.4 Å². The number of halogens is 1. The number of hydrogen-bond donors (Lipinski definition) is 2. The third-order valence-corrected chi connectivity index (χ3v) is 5.11. The summed E-state index contributed by atoms with van der Waals surface area (Å²) < 4.78 is 11.2. The highest BCUT2D eigenvalue weighted by molar-refractivity contribution is 14.0. The monoisotopic (exact) mass is 553 g/mol. The lowest BCUT2D eigenvalue weighted by Gasteiger charge is -2.27. The molecule has 0 radical (unpaired) electrons. The second kappa shape index (κ2) is 15.0. The van der Waals surface area contributed by atoms with Crippen molar-refractivity contribution in [3.63, 3.8) is 0 Å². The van der Waals surface area contributed by atoms with Gasteiger partial charge in [0.1, 0.15) is 0 Å². The fourth-order valence-electron chi connectivity index (χ4n) is 3.44. The molecule has 0 spiro atoms. The number of hydrogen-bond acceptors (Lipinski definition) is 5. The zero-order chi connectivity index (χ0) is 21.7. The van der Waals surface area contributed by atoms with Crippen molar-refractivity contribution in [2.45, 2.75) is 39.9 Å². The van der Waals surface area contributed by atoms with Gasteiger partial charge in [-0.1, -0.05) is 37.3 Å². The van der Waals surface area contributed by atoms with Crippen LogP contribution >= 0.6 is 24.0 Å². The number of nitrogens with one attached hydrogen (secondary N) is 2. The Morgan fingerprint density at radius 1 is 1.06 bits per heavy atom. The van der Waals surface area contributed by atoms with Gasteiger partial charge in [-0.05, 0) is 30.5 Å². The quantitative estimate of drug-likeness (QED) is 0.267. The van der Waals surface area contributed by atoms with Crippen LogP contribution < -0.4 is 15.4 Å². The first-order valence-electron chi connectivity index (χ1n) is 11.3. The first-order chi connectivity index (χ1) is 15.3. The molecule has 1 fully saturated rings. The highest BCUT2D eigenvalue weighted by Crippen LogP contribution is 2.16. The van der Waals surface area contributed by atoms with E-state index in [0.717, 1.165) is 63.9 Å². The number of rotatable bonds is 10. The summed E-state index contributed by atoms with van der Waals surface area (Å²) in [6.07, 6.45) is 2.71. The highest BCUT2D eigenvalue weighted by atomic mass is 127. The maximum absolute atomic E-state index is 5.76. The summed E-state index contributed by atoms with van der Waals surface area (Å²) in [6, 6.07) is 12.5. The van der Waals surface area contributed by atoms with Crippen molar-refractivity contribution in [3.8, 4) is 5.88 Å². The normalized spacial score (nSPS) is 14.5. The van der Waals surface area contributed by atoms with Crippen molar-refractivity contribution in [2.75, 3.05) is 39.5 Å². The molecular formula is C24H36IN5O2. The van der Waals surface area contributed by atoms with Crippen LogP contribution in [0.3, 0.4) is 0 Å². The van der Waals surface area contributed by atoms with Gasteiger partial charge in [0.15, 0.2) is 5.96 Å². The second-order valence-corrected chi connectivity index (χ2v) is 7.52. The van der Waals surface area contributed by atoms with Crippen LogP contribution in [-0.2, 0) is 24.4 Å². The molecule has 2 heterocycles. The molecule has 8 heteroatoms. The zero-order valence-corrected chi connectivity index (χ0v) is 21.5. The van der Waals surface area contributed by atoms with Gasteiger partial charge in [-0.15, -0.1) is 24.0 Å². The third-order valence-electron chi connectivity index (χ3n) is 5.11. The number of aliphatic imine (C=N–C) groups is 1. The van der Waals surface area contributed by atoms with Crippen molar-refractivity contribution in [1.29, 1.82) is 0 Å². The van der Waals surface area contributed by atoms with E-state index in [2.05, 4.69) is 58.6 Å². The topological polar surface area (TPSA) is 71.0 Å². The first kappa shape index (κ1) is 26.3. The maximum atomic E-state index is 5.76. The summed E-state index contributed by atoms with van der Waals surface area (Å²) in [5.74, 6) is 1.45. The third kappa shape index (κ3) is 8.55. The van der Waals surface area contributed by atoms with Crippen molar-refractivity contribution in [1.82, 2.24) is 20.5 Å². The molecule has 2 N–H and O–H groups in total. The van der Waals surface area contributed by atoms with Crippen LogP contribution in [0.15, 0.2) is 47.6 Å². The van der Waals surface area contributed by atoms with Gasteiger partial charge >= 0.3 is 0 Å². The molecule has 32 heavy (non-hydrogen) atoms. The SMILES string of the molecule is CCCOc1ncccc1CN=C(NCC)NCc1ccccc1CN1CCOCC1.I. The highest BCUT2D eigenvalue weighted by Gasteiger charge is 2.13. The molecule has 7 nitrogen and oxygen atoms in total. The average molecular weight is 553 g/mol. The van der Waals surface area contributed by atoms with Gasteiger partial charge in [-0.2, -0.15) is 0 Å². The number of morpholine rings is 1. The summed E-state index contributed by atoms with van der Waals surface area (Å²) in [4.78, 5) is 11.6. The molecule has 2 aromatic rings. The van der Waals surface area contributed by atoms with Crippen LogP contribution in [0.25, 0.3) is 0 Å². The Kier molecular flexibility index (Phi) is 12.4. The van der Waals surface area contributed by atoms with Crippen molar-refractivity contribution in [2.24, 2.45) is 4.99 Å². The Morgan fingerprint density at radius 3 is 2.56 bits per heavy atom. The Bertz CT molecular complexity index is 828. The summed E-state index contributed by atoms with van der Waals surface area (Å²) in [7, 11) is 0. The summed E-state index contributed by atoms with van der Waals surface area (Å²) in [5, 5.41) is 6.82. The maximum Gasteiger partial charge on any atom is 0.218 e. The molecule has 1 aliphatic heterocycles. The Labute approximate surface area is 209 Å². The molecule has 1 saturated heterocycles. The minimum Gasteiger partial charge on any atom is -0.477 e. The number of pyridine rings is 1. The number of nitrogens with zero attached hydrogens (tertiary/aromatic N) is 3. The lowest BCUT2D eigenvalue weighted by Crippen LogP contribution is -2.38.